The van der Waals surface area contributed by atoms with Crippen LogP contribution in [-0.4, -0.2) is 60.9 Å². The maximum atomic E-state index is 13.2. The lowest BCUT2D eigenvalue weighted by molar-refractivity contribution is -0.138. The molecule has 1 aliphatic rings. The average Bonchev–Trinajstić information content (AvgIpc) is 2.74. The van der Waals surface area contributed by atoms with E-state index in [1.165, 1.54) is 23.1 Å². The van der Waals surface area contributed by atoms with Crippen molar-refractivity contribution in [3.05, 3.63) is 70.2 Å². The fraction of sp³-hybridized carbons (Fsp3) is 0.364. The highest BCUT2D eigenvalue weighted by Gasteiger charge is 2.36. The van der Waals surface area contributed by atoms with E-state index in [1.807, 2.05) is 17.0 Å². The van der Waals surface area contributed by atoms with Gasteiger partial charge >= 0.3 is 6.18 Å². The number of rotatable bonds is 6. The number of carbonyl (C=O) groups is 2. The maximum Gasteiger partial charge on any atom is 0.417 e. The molecular weight excluding hydrogens is 431 g/mol. The van der Waals surface area contributed by atoms with Crippen LogP contribution in [0.2, 0.25) is 5.02 Å². The molecule has 5 nitrogen and oxygen atoms in total. The molecule has 0 bridgehead atoms. The summed E-state index contributed by atoms with van der Waals surface area (Å²) in [5.41, 5.74) is -0.207. The Labute approximate surface area is 183 Å². The monoisotopic (exact) mass is 453 g/mol. The summed E-state index contributed by atoms with van der Waals surface area (Å²) >= 11 is 5.85. The van der Waals surface area contributed by atoms with E-state index < -0.39 is 17.6 Å². The molecule has 2 amide bonds. The second-order valence-corrected chi connectivity index (χ2v) is 7.77. The first kappa shape index (κ1) is 23.1. The van der Waals surface area contributed by atoms with Gasteiger partial charge in [-0.1, -0.05) is 35.9 Å². The number of nitrogens with zero attached hydrogens (tertiary/aromatic N) is 2. The van der Waals surface area contributed by atoms with Crippen molar-refractivity contribution in [1.82, 2.24) is 15.1 Å². The van der Waals surface area contributed by atoms with Crippen molar-refractivity contribution < 1.29 is 22.8 Å². The number of alkyl halides is 3. The van der Waals surface area contributed by atoms with Crippen molar-refractivity contribution in [2.45, 2.75) is 12.6 Å². The largest absolute Gasteiger partial charge is 0.417 e. The third kappa shape index (κ3) is 6.45. The quantitative estimate of drug-likeness (QED) is 0.728. The molecule has 3 rings (SSSR count). The average molecular weight is 454 g/mol. The Morgan fingerprint density at radius 1 is 0.968 bits per heavy atom. The van der Waals surface area contributed by atoms with E-state index >= 15 is 0 Å². The highest BCUT2D eigenvalue weighted by atomic mass is 35.5. The van der Waals surface area contributed by atoms with Crippen LogP contribution in [0, 0.1) is 0 Å². The van der Waals surface area contributed by atoms with Gasteiger partial charge in [0.25, 0.3) is 5.91 Å². The third-order valence-electron chi connectivity index (χ3n) is 5.14. The van der Waals surface area contributed by atoms with Crippen LogP contribution in [0.3, 0.4) is 0 Å². The van der Waals surface area contributed by atoms with Crippen LogP contribution >= 0.6 is 11.6 Å². The van der Waals surface area contributed by atoms with Crippen molar-refractivity contribution in [2.24, 2.45) is 0 Å². The Kier molecular flexibility index (Phi) is 7.56. The lowest BCUT2D eigenvalue weighted by Gasteiger charge is -2.34. The van der Waals surface area contributed by atoms with E-state index in [9.17, 15) is 22.8 Å². The third-order valence-corrected chi connectivity index (χ3v) is 5.39. The molecule has 2 aromatic carbocycles. The van der Waals surface area contributed by atoms with Crippen LogP contribution in [0.25, 0.3) is 0 Å². The first-order valence-corrected chi connectivity index (χ1v) is 10.3. The molecule has 0 saturated carbocycles. The fourth-order valence-electron chi connectivity index (χ4n) is 3.45. The zero-order valence-corrected chi connectivity index (χ0v) is 17.5. The summed E-state index contributed by atoms with van der Waals surface area (Å²) in [4.78, 5) is 28.1. The second-order valence-electron chi connectivity index (χ2n) is 7.34. The zero-order chi connectivity index (χ0) is 22.4. The maximum absolute atomic E-state index is 13.2. The number of hydrogen-bond donors (Lipinski definition) is 1. The Balaban J connectivity index is 1.45. The van der Waals surface area contributed by atoms with Crippen molar-refractivity contribution in [3.63, 3.8) is 0 Å². The molecule has 9 heteroatoms. The first-order chi connectivity index (χ1) is 14.7. The molecule has 0 atom stereocenters. The molecule has 1 fully saturated rings. The summed E-state index contributed by atoms with van der Waals surface area (Å²) in [5.74, 6) is -0.767. The van der Waals surface area contributed by atoms with Crippen LogP contribution in [0.15, 0.2) is 48.5 Å². The highest BCUT2D eigenvalue weighted by molar-refractivity contribution is 6.30. The molecule has 31 heavy (non-hydrogen) atoms. The summed E-state index contributed by atoms with van der Waals surface area (Å²) in [7, 11) is 0. The highest BCUT2D eigenvalue weighted by Crippen LogP contribution is 2.32. The molecule has 1 saturated heterocycles. The molecule has 1 N–H and O–H groups in total. The van der Waals surface area contributed by atoms with Gasteiger partial charge in [-0.3, -0.25) is 14.5 Å². The van der Waals surface area contributed by atoms with Gasteiger partial charge in [0.15, 0.2) is 0 Å². The molecule has 0 radical (unpaired) electrons. The summed E-state index contributed by atoms with van der Waals surface area (Å²) < 4.78 is 39.5. The number of nitrogens with one attached hydrogen (secondary N) is 1. The van der Waals surface area contributed by atoms with Crippen molar-refractivity contribution in [2.75, 3.05) is 39.3 Å². The number of amides is 2. The normalized spacial score (nSPS) is 15.0. The van der Waals surface area contributed by atoms with E-state index in [1.54, 1.807) is 12.1 Å². The molecular formula is C22H23ClF3N3O2. The predicted octanol–water partition coefficient (Wildman–Crippen LogP) is 3.48. The molecule has 2 aromatic rings. The van der Waals surface area contributed by atoms with Gasteiger partial charge in [0, 0.05) is 37.7 Å². The van der Waals surface area contributed by atoms with E-state index in [4.69, 9.17) is 11.6 Å². The van der Waals surface area contributed by atoms with Gasteiger partial charge in [-0.25, -0.2) is 0 Å². The van der Waals surface area contributed by atoms with E-state index in [-0.39, 0.29) is 31.1 Å². The molecule has 0 aliphatic carbocycles. The minimum absolute atomic E-state index is 0.129. The smallest absolute Gasteiger partial charge is 0.355 e. The minimum Gasteiger partial charge on any atom is -0.355 e. The van der Waals surface area contributed by atoms with Crippen molar-refractivity contribution in [1.29, 1.82) is 0 Å². The van der Waals surface area contributed by atoms with Gasteiger partial charge in [0.1, 0.15) is 0 Å². The van der Waals surface area contributed by atoms with Crippen LogP contribution in [-0.2, 0) is 17.4 Å². The number of carbonyl (C=O) groups excluding carboxylic acids is 2. The number of hydrogen-bond acceptors (Lipinski definition) is 3. The van der Waals surface area contributed by atoms with Gasteiger partial charge in [-0.15, -0.1) is 0 Å². The van der Waals surface area contributed by atoms with Gasteiger partial charge in [0.2, 0.25) is 5.91 Å². The molecule has 166 valence electrons. The van der Waals surface area contributed by atoms with Crippen LogP contribution in [0.4, 0.5) is 13.2 Å². The lowest BCUT2D eigenvalue weighted by atomic mass is 10.1. The number of halogens is 4. The van der Waals surface area contributed by atoms with E-state index in [2.05, 4.69) is 5.32 Å². The van der Waals surface area contributed by atoms with Crippen molar-refractivity contribution >= 4 is 23.4 Å². The molecule has 1 aliphatic heterocycles. The minimum atomic E-state index is -4.59. The molecule has 1 heterocycles. The Morgan fingerprint density at radius 2 is 1.61 bits per heavy atom. The van der Waals surface area contributed by atoms with Gasteiger partial charge in [-0.05, 0) is 36.2 Å². The van der Waals surface area contributed by atoms with Gasteiger partial charge < -0.3 is 10.2 Å². The summed E-state index contributed by atoms with van der Waals surface area (Å²) in [5, 5.41) is 3.52. The number of piperazine rings is 1. The topological polar surface area (TPSA) is 52.7 Å². The summed E-state index contributed by atoms with van der Waals surface area (Å²) in [6.07, 6.45) is -3.90. The van der Waals surface area contributed by atoms with Gasteiger partial charge in [0.05, 0.1) is 17.7 Å². The number of benzene rings is 2. The standard InChI is InChI=1S/C22H23ClF3N3O2/c23-17-7-5-16(6-8-17)9-10-27-20(30)15-28-11-13-29(14-12-28)21(31)18-3-1-2-4-19(18)22(24,25)26/h1-8H,9-15H2,(H,27,30). The SMILES string of the molecule is O=C(CN1CCN(C(=O)c2ccccc2C(F)(F)F)CC1)NCCc1ccc(Cl)cc1. The lowest BCUT2D eigenvalue weighted by Crippen LogP contribution is -2.51. The van der Waals surface area contributed by atoms with Crippen LogP contribution in [0.5, 0.6) is 0 Å². The Hall–Kier alpha value is -2.58. The first-order valence-electron chi connectivity index (χ1n) is 9.93. The Morgan fingerprint density at radius 3 is 2.26 bits per heavy atom. The van der Waals surface area contributed by atoms with Crippen LogP contribution < -0.4 is 5.32 Å². The summed E-state index contributed by atoms with van der Waals surface area (Å²) in [6.45, 7) is 2.05. The zero-order valence-electron chi connectivity index (χ0n) is 16.8. The predicted molar refractivity (Wildman–Crippen MR) is 112 cm³/mol. The molecule has 0 unspecified atom stereocenters. The van der Waals surface area contributed by atoms with Crippen LogP contribution in [0.1, 0.15) is 21.5 Å². The van der Waals surface area contributed by atoms with Gasteiger partial charge in [-0.2, -0.15) is 13.2 Å². The molecule has 0 spiro atoms. The fourth-order valence-corrected chi connectivity index (χ4v) is 3.58. The molecule has 0 aromatic heterocycles. The van der Waals surface area contributed by atoms with E-state index in [0.717, 1.165) is 11.6 Å². The Bertz CT molecular complexity index is 911. The second kappa shape index (κ2) is 10.2. The van der Waals surface area contributed by atoms with Crippen molar-refractivity contribution in [3.8, 4) is 0 Å². The summed E-state index contributed by atoms with van der Waals surface area (Å²) in [6, 6.07) is 12.2. The van der Waals surface area contributed by atoms with E-state index in [0.29, 0.717) is 31.1 Å².